The first-order valence-electron chi connectivity index (χ1n) is 9.04. The van der Waals surface area contributed by atoms with Gasteiger partial charge in [0.05, 0.1) is 4.90 Å². The normalized spacial score (nSPS) is 11.4. The molecule has 2 aromatic carbocycles. The Hall–Kier alpha value is -2.71. The van der Waals surface area contributed by atoms with Gasteiger partial charge in [-0.2, -0.15) is 4.98 Å². The fourth-order valence-electron chi connectivity index (χ4n) is 2.66. The number of carbonyl (C=O) groups excluding carboxylic acids is 1. The molecule has 0 saturated carbocycles. The van der Waals surface area contributed by atoms with Gasteiger partial charge in [0.25, 0.3) is 0 Å². The second-order valence-electron chi connectivity index (χ2n) is 6.42. The standard InChI is InChI=1S/C20H20ClN3O4S/c1-2-14-4-3-5-16(12-14)22-19(25)10-11-20-23-18(24-28-20)13-29(26,27)17-8-6-15(21)7-9-17/h3-9,12H,2,10-11,13H2,1H3,(H,22,25). The van der Waals surface area contributed by atoms with Crippen LogP contribution in [0, 0.1) is 0 Å². The minimum absolute atomic E-state index is 0.0472. The number of rotatable bonds is 8. The number of benzene rings is 2. The molecule has 0 saturated heterocycles. The topological polar surface area (TPSA) is 102 Å². The van der Waals surface area contributed by atoms with Crippen molar-refractivity contribution in [3.63, 3.8) is 0 Å². The van der Waals surface area contributed by atoms with Gasteiger partial charge in [-0.15, -0.1) is 0 Å². The number of nitrogens with one attached hydrogen (secondary N) is 1. The lowest BCUT2D eigenvalue weighted by Crippen LogP contribution is -2.12. The van der Waals surface area contributed by atoms with E-state index in [2.05, 4.69) is 15.5 Å². The van der Waals surface area contributed by atoms with Crippen LogP contribution in [0.2, 0.25) is 5.02 Å². The van der Waals surface area contributed by atoms with Crippen molar-refractivity contribution in [1.29, 1.82) is 0 Å². The summed E-state index contributed by atoms with van der Waals surface area (Å²) in [6, 6.07) is 13.5. The molecule has 7 nitrogen and oxygen atoms in total. The monoisotopic (exact) mass is 433 g/mol. The van der Waals surface area contributed by atoms with Gasteiger partial charge in [-0.1, -0.05) is 35.8 Å². The molecule has 29 heavy (non-hydrogen) atoms. The summed E-state index contributed by atoms with van der Waals surface area (Å²) in [5.41, 5.74) is 1.86. The minimum atomic E-state index is -3.62. The molecule has 3 aromatic rings. The molecule has 0 aliphatic rings. The van der Waals surface area contributed by atoms with Gasteiger partial charge in [0.2, 0.25) is 11.8 Å². The smallest absolute Gasteiger partial charge is 0.227 e. The van der Waals surface area contributed by atoms with Crippen LogP contribution >= 0.6 is 11.6 Å². The van der Waals surface area contributed by atoms with Gasteiger partial charge in [0.1, 0.15) is 5.75 Å². The molecule has 1 N–H and O–H groups in total. The van der Waals surface area contributed by atoms with Crippen LogP contribution in [0.5, 0.6) is 0 Å². The lowest BCUT2D eigenvalue weighted by molar-refractivity contribution is -0.116. The van der Waals surface area contributed by atoms with Crippen molar-refractivity contribution in [3.8, 4) is 0 Å². The number of amides is 1. The maximum absolute atomic E-state index is 12.4. The van der Waals surface area contributed by atoms with Crippen molar-refractivity contribution in [2.45, 2.75) is 36.8 Å². The summed E-state index contributed by atoms with van der Waals surface area (Å²) in [6.07, 6.45) is 1.24. The molecule has 0 radical (unpaired) electrons. The average Bonchev–Trinajstić information content (AvgIpc) is 3.13. The second kappa shape index (κ2) is 9.19. The zero-order valence-electron chi connectivity index (χ0n) is 15.8. The van der Waals surface area contributed by atoms with Crippen LogP contribution in [-0.4, -0.2) is 24.5 Å². The highest BCUT2D eigenvalue weighted by molar-refractivity contribution is 7.90. The average molecular weight is 434 g/mol. The molecule has 9 heteroatoms. The molecule has 1 heterocycles. The van der Waals surface area contributed by atoms with Crippen LogP contribution in [0.4, 0.5) is 5.69 Å². The number of sulfone groups is 1. The van der Waals surface area contributed by atoms with Crippen molar-refractivity contribution in [1.82, 2.24) is 10.1 Å². The summed E-state index contributed by atoms with van der Waals surface area (Å²) >= 11 is 5.78. The molecule has 0 fully saturated rings. The zero-order chi connectivity index (χ0) is 20.9. The van der Waals surface area contributed by atoms with Crippen molar-refractivity contribution in [2.24, 2.45) is 0 Å². The van der Waals surface area contributed by atoms with E-state index in [4.69, 9.17) is 16.1 Å². The summed E-state index contributed by atoms with van der Waals surface area (Å²) in [4.78, 5) is 16.3. The predicted molar refractivity (Wildman–Crippen MR) is 109 cm³/mol. The van der Waals surface area contributed by atoms with Crippen molar-refractivity contribution in [3.05, 3.63) is 70.8 Å². The van der Waals surface area contributed by atoms with Gasteiger partial charge < -0.3 is 9.84 Å². The fourth-order valence-corrected chi connectivity index (χ4v) is 3.96. The van der Waals surface area contributed by atoms with Crippen LogP contribution < -0.4 is 5.32 Å². The Morgan fingerprint density at radius 2 is 1.93 bits per heavy atom. The first-order valence-corrected chi connectivity index (χ1v) is 11.1. The summed E-state index contributed by atoms with van der Waals surface area (Å²) in [5, 5.41) is 6.98. The minimum Gasteiger partial charge on any atom is -0.339 e. The number of nitrogens with zero attached hydrogens (tertiary/aromatic N) is 2. The first-order chi connectivity index (χ1) is 13.9. The largest absolute Gasteiger partial charge is 0.339 e. The van der Waals surface area contributed by atoms with E-state index >= 15 is 0 Å². The molecule has 3 rings (SSSR count). The summed E-state index contributed by atoms with van der Waals surface area (Å²) in [5.74, 6) is -0.324. The van der Waals surface area contributed by atoms with Crippen LogP contribution in [0.25, 0.3) is 0 Å². The van der Waals surface area contributed by atoms with E-state index in [1.807, 2.05) is 31.2 Å². The highest BCUT2D eigenvalue weighted by Gasteiger charge is 2.19. The second-order valence-corrected chi connectivity index (χ2v) is 8.85. The van der Waals surface area contributed by atoms with Crippen molar-refractivity contribution >= 4 is 33.0 Å². The lowest BCUT2D eigenvalue weighted by Gasteiger charge is -2.05. The summed E-state index contributed by atoms with van der Waals surface area (Å²) < 4.78 is 29.9. The maximum atomic E-state index is 12.4. The fraction of sp³-hybridized carbons (Fsp3) is 0.250. The van der Waals surface area contributed by atoms with Crippen molar-refractivity contribution < 1.29 is 17.7 Å². The van der Waals surface area contributed by atoms with E-state index in [0.717, 1.165) is 17.7 Å². The molecular weight excluding hydrogens is 414 g/mol. The Labute approximate surface area is 174 Å². The highest BCUT2D eigenvalue weighted by atomic mass is 35.5. The Kier molecular flexibility index (Phi) is 6.66. The van der Waals surface area contributed by atoms with E-state index in [9.17, 15) is 13.2 Å². The number of aromatic nitrogens is 2. The molecule has 0 aliphatic heterocycles. The number of hydrogen-bond acceptors (Lipinski definition) is 6. The van der Waals surface area contributed by atoms with Crippen LogP contribution in [0.15, 0.2) is 57.9 Å². The number of carbonyl (C=O) groups is 1. The quantitative estimate of drug-likeness (QED) is 0.579. The third-order valence-electron chi connectivity index (χ3n) is 4.19. The SMILES string of the molecule is CCc1cccc(NC(=O)CCc2nc(CS(=O)(=O)c3ccc(Cl)cc3)no2)c1. The molecule has 0 bridgehead atoms. The molecule has 152 valence electrons. The van der Waals surface area contributed by atoms with Crippen LogP contribution in [-0.2, 0) is 33.2 Å². The molecule has 1 aromatic heterocycles. The number of anilines is 1. The molecule has 0 aliphatic carbocycles. The lowest BCUT2D eigenvalue weighted by atomic mass is 10.1. The predicted octanol–water partition coefficient (Wildman–Crippen LogP) is 3.83. The van der Waals surface area contributed by atoms with Gasteiger partial charge in [0.15, 0.2) is 15.7 Å². The van der Waals surface area contributed by atoms with Crippen molar-refractivity contribution in [2.75, 3.05) is 5.32 Å². The van der Waals surface area contributed by atoms with E-state index in [-0.39, 0.29) is 35.4 Å². The van der Waals surface area contributed by atoms with E-state index in [1.165, 1.54) is 24.3 Å². The van der Waals surface area contributed by atoms with Gasteiger partial charge in [-0.05, 0) is 48.4 Å². The Morgan fingerprint density at radius 3 is 2.66 bits per heavy atom. The zero-order valence-corrected chi connectivity index (χ0v) is 17.3. The van der Waals surface area contributed by atoms with Crippen LogP contribution in [0.1, 0.15) is 30.6 Å². The number of aryl methyl sites for hydroxylation is 2. The Bertz CT molecular complexity index is 1090. The number of halogens is 1. The van der Waals surface area contributed by atoms with Gasteiger partial charge in [0, 0.05) is 23.6 Å². The van der Waals surface area contributed by atoms with Gasteiger partial charge in [-0.3, -0.25) is 4.79 Å². The Morgan fingerprint density at radius 1 is 1.17 bits per heavy atom. The summed E-state index contributed by atoms with van der Waals surface area (Å²) in [6.45, 7) is 2.04. The molecule has 1 amide bonds. The van der Waals surface area contributed by atoms with E-state index < -0.39 is 15.6 Å². The van der Waals surface area contributed by atoms with E-state index in [1.54, 1.807) is 0 Å². The van der Waals surface area contributed by atoms with Gasteiger partial charge in [-0.25, -0.2) is 8.42 Å². The van der Waals surface area contributed by atoms with Crippen LogP contribution in [0.3, 0.4) is 0 Å². The van der Waals surface area contributed by atoms with Gasteiger partial charge >= 0.3 is 0 Å². The first kappa shape index (κ1) is 21.0. The van der Waals surface area contributed by atoms with E-state index in [0.29, 0.717) is 5.02 Å². The summed E-state index contributed by atoms with van der Waals surface area (Å²) in [7, 11) is -3.62. The third-order valence-corrected chi connectivity index (χ3v) is 6.07. The maximum Gasteiger partial charge on any atom is 0.227 e. The third kappa shape index (κ3) is 5.88. The Balaban J connectivity index is 1.56. The molecule has 0 atom stereocenters. The molecule has 0 spiro atoms. The highest BCUT2D eigenvalue weighted by Crippen LogP contribution is 2.18. The molecule has 0 unspecified atom stereocenters. The number of hydrogen-bond donors (Lipinski definition) is 1. The molecular formula is C20H20ClN3O4S.